The predicted octanol–water partition coefficient (Wildman–Crippen LogP) is 4.85. The first-order valence-corrected chi connectivity index (χ1v) is 9.92. The number of benzene rings is 2. The summed E-state index contributed by atoms with van der Waals surface area (Å²) in [6, 6.07) is 23.6. The van der Waals surface area contributed by atoms with Gasteiger partial charge in [-0.1, -0.05) is 66.4 Å². The lowest BCUT2D eigenvalue weighted by Crippen LogP contribution is -2.04. The molecule has 0 saturated carbocycles. The summed E-state index contributed by atoms with van der Waals surface area (Å²) < 4.78 is 1.89. The Balaban J connectivity index is 1.52. The van der Waals surface area contributed by atoms with Crippen LogP contribution in [0.5, 0.6) is 0 Å². The summed E-state index contributed by atoms with van der Waals surface area (Å²) in [7, 11) is 0. The van der Waals surface area contributed by atoms with Gasteiger partial charge in [0.15, 0.2) is 16.6 Å². The maximum Gasteiger partial charge on any atom is 0.196 e. The van der Waals surface area contributed by atoms with Crippen LogP contribution in [0.3, 0.4) is 0 Å². The van der Waals surface area contributed by atoms with E-state index in [4.69, 9.17) is 0 Å². The quantitative estimate of drug-likeness (QED) is 0.347. The highest BCUT2D eigenvalue weighted by Gasteiger charge is 2.20. The van der Waals surface area contributed by atoms with Gasteiger partial charge in [-0.25, -0.2) is 0 Å². The van der Waals surface area contributed by atoms with E-state index in [1.165, 1.54) is 11.8 Å². The van der Waals surface area contributed by atoms with Crippen LogP contribution >= 0.6 is 11.8 Å². The summed E-state index contributed by atoms with van der Waals surface area (Å²) in [4.78, 5) is 16.7. The number of hydrogen-bond acceptors (Lipinski definition) is 4. The molecule has 0 aliphatic heterocycles. The number of ketones is 1. The monoisotopic (exact) mass is 384 g/mol. The van der Waals surface area contributed by atoms with Gasteiger partial charge in [-0.15, -0.1) is 10.2 Å². The Labute approximate surface area is 165 Å². The van der Waals surface area contributed by atoms with E-state index in [0.29, 0.717) is 5.16 Å². The number of para-hydroxylation sites is 1. The van der Waals surface area contributed by atoms with E-state index >= 15 is 0 Å². The van der Waals surface area contributed by atoms with E-state index in [1.807, 2.05) is 83.4 Å². The van der Waals surface area contributed by atoms with Crippen molar-refractivity contribution in [1.82, 2.24) is 19.6 Å². The summed E-state index contributed by atoms with van der Waals surface area (Å²) >= 11 is 1.40. The molecule has 0 fully saturated rings. The van der Waals surface area contributed by atoms with E-state index in [2.05, 4.69) is 15.2 Å². The molecule has 0 bridgehead atoms. The van der Waals surface area contributed by atoms with Gasteiger partial charge in [-0.2, -0.15) is 0 Å². The van der Waals surface area contributed by atoms with Crippen molar-refractivity contribution in [2.45, 2.75) is 5.16 Å². The Bertz CT molecular complexity index is 1290. The van der Waals surface area contributed by atoms with Crippen LogP contribution in [0.25, 0.3) is 27.8 Å². The second-order valence-corrected chi connectivity index (χ2v) is 7.35. The zero-order valence-corrected chi connectivity index (χ0v) is 15.7. The second-order valence-electron chi connectivity index (χ2n) is 6.41. The fraction of sp³-hybridized carbons (Fsp3) is 0.0455. The van der Waals surface area contributed by atoms with Crippen molar-refractivity contribution in [2.24, 2.45) is 0 Å². The predicted molar refractivity (Wildman–Crippen MR) is 112 cm³/mol. The van der Waals surface area contributed by atoms with Gasteiger partial charge in [-0.3, -0.25) is 9.20 Å². The third-order valence-corrected chi connectivity index (χ3v) is 5.61. The molecule has 0 saturated heterocycles. The van der Waals surface area contributed by atoms with Crippen LogP contribution in [-0.4, -0.2) is 31.1 Å². The normalized spacial score (nSPS) is 11.3. The van der Waals surface area contributed by atoms with Crippen LogP contribution < -0.4 is 0 Å². The van der Waals surface area contributed by atoms with Crippen LogP contribution in [0.15, 0.2) is 84.1 Å². The molecule has 136 valence electrons. The number of carbonyl (C=O) groups is 1. The summed E-state index contributed by atoms with van der Waals surface area (Å²) in [6.45, 7) is 0. The molecule has 2 aromatic carbocycles. The first kappa shape index (κ1) is 16.8. The topological polar surface area (TPSA) is 63.1 Å². The number of nitrogens with one attached hydrogen (secondary N) is 1. The third kappa shape index (κ3) is 2.88. The number of Topliss-reactive ketones (excluding diaryl/α,β-unsaturated/α-hetero) is 1. The number of aromatic amines is 1. The summed E-state index contributed by atoms with van der Waals surface area (Å²) in [5, 5.41) is 10.0. The zero-order chi connectivity index (χ0) is 18.9. The summed E-state index contributed by atoms with van der Waals surface area (Å²) in [5.74, 6) is 0.353. The van der Waals surface area contributed by atoms with Crippen molar-refractivity contribution < 1.29 is 4.79 Å². The number of nitrogens with zero attached hydrogens (tertiary/aromatic N) is 3. The van der Waals surface area contributed by atoms with Crippen LogP contribution in [0.2, 0.25) is 0 Å². The van der Waals surface area contributed by atoms with Gasteiger partial charge in [0.25, 0.3) is 0 Å². The van der Waals surface area contributed by atoms with E-state index in [0.717, 1.165) is 33.4 Å². The highest BCUT2D eigenvalue weighted by molar-refractivity contribution is 7.99. The molecule has 3 heterocycles. The number of rotatable bonds is 5. The lowest BCUT2D eigenvalue weighted by Gasteiger charge is -2.04. The van der Waals surface area contributed by atoms with E-state index in [1.54, 1.807) is 0 Å². The number of H-pyrrole nitrogens is 1. The van der Waals surface area contributed by atoms with Gasteiger partial charge in [0.05, 0.1) is 17.0 Å². The largest absolute Gasteiger partial charge is 0.354 e. The number of pyridine rings is 1. The zero-order valence-electron chi connectivity index (χ0n) is 14.9. The lowest BCUT2D eigenvalue weighted by atomic mass is 10.0. The average molecular weight is 384 g/mol. The number of hydrogen-bond donors (Lipinski definition) is 1. The number of carbonyl (C=O) groups excluding carboxylic acids is 1. The molecular formula is C22H16N4OS. The molecule has 1 N–H and O–H groups in total. The molecule has 0 aliphatic rings. The van der Waals surface area contributed by atoms with E-state index in [-0.39, 0.29) is 11.5 Å². The van der Waals surface area contributed by atoms with Crippen LogP contribution in [0, 0.1) is 0 Å². The van der Waals surface area contributed by atoms with Gasteiger partial charge >= 0.3 is 0 Å². The molecule has 5 rings (SSSR count). The molecule has 0 aliphatic carbocycles. The Morgan fingerprint density at radius 1 is 0.929 bits per heavy atom. The fourth-order valence-corrected chi connectivity index (χ4v) is 4.17. The minimum Gasteiger partial charge on any atom is -0.354 e. The van der Waals surface area contributed by atoms with Gasteiger partial charge in [-0.05, 0) is 23.8 Å². The summed E-state index contributed by atoms with van der Waals surface area (Å²) in [6.07, 6.45) is 1.91. The SMILES string of the molecule is O=C(CSc1nnc2ccccn12)c1c(-c2ccccc2)[nH]c2ccccc12. The molecule has 0 amide bonds. The molecule has 0 radical (unpaired) electrons. The molecular weight excluding hydrogens is 368 g/mol. The summed E-state index contributed by atoms with van der Waals surface area (Å²) in [5.41, 5.74) is 4.32. The molecule has 3 aromatic heterocycles. The average Bonchev–Trinajstić information content (AvgIpc) is 3.34. The van der Waals surface area contributed by atoms with Crippen molar-refractivity contribution >= 4 is 34.1 Å². The standard InChI is InChI=1S/C22H16N4OS/c27-18(14-28-22-25-24-19-12-6-7-13-26(19)22)20-16-10-4-5-11-17(16)23-21(20)15-8-2-1-3-9-15/h1-13,23H,14H2. The molecule has 0 spiro atoms. The van der Waals surface area contributed by atoms with Crippen molar-refractivity contribution in [3.63, 3.8) is 0 Å². The Hall–Kier alpha value is -3.38. The third-order valence-electron chi connectivity index (χ3n) is 4.66. The molecule has 6 heteroatoms. The fourth-order valence-electron chi connectivity index (χ4n) is 3.37. The maximum atomic E-state index is 13.2. The lowest BCUT2D eigenvalue weighted by molar-refractivity contribution is 0.102. The van der Waals surface area contributed by atoms with Crippen molar-refractivity contribution in [3.05, 3.63) is 84.6 Å². The smallest absolute Gasteiger partial charge is 0.196 e. The molecule has 5 nitrogen and oxygen atoms in total. The van der Waals surface area contributed by atoms with Crippen LogP contribution in [0.1, 0.15) is 10.4 Å². The Morgan fingerprint density at radius 3 is 2.61 bits per heavy atom. The van der Waals surface area contributed by atoms with Crippen LogP contribution in [0.4, 0.5) is 0 Å². The molecule has 0 atom stereocenters. The van der Waals surface area contributed by atoms with E-state index < -0.39 is 0 Å². The molecule has 5 aromatic rings. The highest BCUT2D eigenvalue weighted by atomic mass is 32.2. The molecule has 28 heavy (non-hydrogen) atoms. The first-order valence-electron chi connectivity index (χ1n) is 8.93. The number of fused-ring (bicyclic) bond motifs is 2. The second kappa shape index (κ2) is 6.98. The highest BCUT2D eigenvalue weighted by Crippen LogP contribution is 2.32. The van der Waals surface area contributed by atoms with Gasteiger partial charge in [0.2, 0.25) is 0 Å². The number of thioether (sulfide) groups is 1. The Morgan fingerprint density at radius 2 is 1.71 bits per heavy atom. The molecule has 0 unspecified atom stereocenters. The van der Waals surface area contributed by atoms with Gasteiger partial charge in [0.1, 0.15) is 0 Å². The van der Waals surface area contributed by atoms with Crippen molar-refractivity contribution in [3.8, 4) is 11.3 Å². The Kier molecular flexibility index (Phi) is 4.18. The van der Waals surface area contributed by atoms with Gasteiger partial charge in [0, 0.05) is 17.1 Å². The van der Waals surface area contributed by atoms with Crippen LogP contribution in [-0.2, 0) is 0 Å². The maximum absolute atomic E-state index is 13.2. The first-order chi connectivity index (χ1) is 13.8. The van der Waals surface area contributed by atoms with Crippen molar-refractivity contribution in [2.75, 3.05) is 5.75 Å². The minimum atomic E-state index is 0.0639. The number of aromatic nitrogens is 4. The minimum absolute atomic E-state index is 0.0639. The van der Waals surface area contributed by atoms with Gasteiger partial charge < -0.3 is 4.98 Å². The van der Waals surface area contributed by atoms with E-state index in [9.17, 15) is 4.79 Å². The van der Waals surface area contributed by atoms with Crippen molar-refractivity contribution in [1.29, 1.82) is 0 Å².